The van der Waals surface area contributed by atoms with Gasteiger partial charge >= 0.3 is 0 Å². The smallest absolute Gasteiger partial charge is 0.261 e. The zero-order chi connectivity index (χ0) is 19.5. The maximum Gasteiger partial charge on any atom is 0.261 e. The summed E-state index contributed by atoms with van der Waals surface area (Å²) in [5.74, 6) is 0.755. The van der Waals surface area contributed by atoms with Crippen molar-refractivity contribution in [2.75, 3.05) is 19.6 Å². The summed E-state index contributed by atoms with van der Waals surface area (Å²) in [6.45, 7) is 5.91. The van der Waals surface area contributed by atoms with Crippen molar-refractivity contribution in [2.45, 2.75) is 64.5 Å². The zero-order valence-corrected chi connectivity index (χ0v) is 16.7. The lowest BCUT2D eigenvalue weighted by molar-refractivity contribution is 0.0949. The lowest BCUT2D eigenvalue weighted by atomic mass is 10.0. The van der Waals surface area contributed by atoms with E-state index in [9.17, 15) is 9.59 Å². The van der Waals surface area contributed by atoms with Gasteiger partial charge in [-0.2, -0.15) is 0 Å². The Bertz CT molecular complexity index is 921. The highest BCUT2D eigenvalue weighted by molar-refractivity contribution is 5.97. The molecule has 1 N–H and O–H groups in total. The molecule has 6 nitrogen and oxygen atoms in total. The molecule has 0 saturated carbocycles. The van der Waals surface area contributed by atoms with Crippen LogP contribution in [0.4, 0.5) is 0 Å². The molecular formula is C22H30N4O2. The number of hydrogen-bond donors (Lipinski definition) is 1. The second kappa shape index (κ2) is 8.43. The van der Waals surface area contributed by atoms with Crippen LogP contribution in [0.5, 0.6) is 0 Å². The van der Waals surface area contributed by atoms with Gasteiger partial charge in [-0.15, -0.1) is 0 Å². The standard InChI is InChI=1S/C22H30N4O2/c1-16-7-2-4-12-25(16)13-6-11-23-21(27)17-9-10-18-19(15-17)24-20-8-3-5-14-26(20)22(18)28/h9-10,15-16H,2-8,11-14H2,1H3,(H,23,27). The number of hydrogen-bond acceptors (Lipinski definition) is 4. The van der Waals surface area contributed by atoms with Crippen molar-refractivity contribution in [2.24, 2.45) is 0 Å². The molecule has 1 saturated heterocycles. The van der Waals surface area contributed by atoms with Crippen molar-refractivity contribution in [3.05, 3.63) is 39.9 Å². The molecule has 0 bridgehead atoms. The Morgan fingerprint density at radius 3 is 2.93 bits per heavy atom. The molecule has 2 aliphatic rings. The molecule has 1 unspecified atom stereocenters. The minimum Gasteiger partial charge on any atom is -0.352 e. The summed E-state index contributed by atoms with van der Waals surface area (Å²) in [5, 5.41) is 3.62. The predicted molar refractivity (Wildman–Crippen MR) is 111 cm³/mol. The van der Waals surface area contributed by atoms with Crippen LogP contribution in [-0.4, -0.2) is 46.0 Å². The van der Waals surface area contributed by atoms with E-state index in [1.54, 1.807) is 22.8 Å². The third kappa shape index (κ3) is 3.97. The highest BCUT2D eigenvalue weighted by Crippen LogP contribution is 2.17. The van der Waals surface area contributed by atoms with E-state index in [4.69, 9.17) is 0 Å². The molecule has 2 aromatic rings. The Balaban J connectivity index is 1.39. The quantitative estimate of drug-likeness (QED) is 0.808. The van der Waals surface area contributed by atoms with E-state index in [2.05, 4.69) is 22.1 Å². The SMILES string of the molecule is CC1CCCCN1CCCNC(=O)c1ccc2c(=O)n3c(nc2c1)CCCC3. The average Bonchev–Trinajstić information content (AvgIpc) is 2.72. The molecule has 0 aliphatic carbocycles. The van der Waals surface area contributed by atoms with Crippen molar-refractivity contribution < 1.29 is 4.79 Å². The molecular weight excluding hydrogens is 352 g/mol. The Labute approximate surface area is 165 Å². The molecule has 0 radical (unpaired) electrons. The van der Waals surface area contributed by atoms with Gasteiger partial charge < -0.3 is 10.2 Å². The van der Waals surface area contributed by atoms with Gasteiger partial charge in [-0.1, -0.05) is 6.42 Å². The van der Waals surface area contributed by atoms with Crippen LogP contribution in [0.2, 0.25) is 0 Å². The van der Waals surface area contributed by atoms with E-state index < -0.39 is 0 Å². The van der Waals surface area contributed by atoms with Crippen LogP contribution in [0.1, 0.15) is 61.6 Å². The molecule has 1 aromatic heterocycles. The lowest BCUT2D eigenvalue weighted by Gasteiger charge is -2.33. The molecule has 1 atom stereocenters. The summed E-state index contributed by atoms with van der Waals surface area (Å²) in [7, 11) is 0. The summed E-state index contributed by atoms with van der Waals surface area (Å²) < 4.78 is 1.78. The number of carbonyl (C=O) groups excluding carboxylic acids is 1. The van der Waals surface area contributed by atoms with E-state index in [0.717, 1.165) is 44.6 Å². The molecule has 0 spiro atoms. The normalized spacial score (nSPS) is 20.1. The van der Waals surface area contributed by atoms with Gasteiger partial charge in [0.15, 0.2) is 0 Å². The fraction of sp³-hybridized carbons (Fsp3) is 0.591. The minimum atomic E-state index is -0.0896. The number of piperidine rings is 1. The summed E-state index contributed by atoms with van der Waals surface area (Å²) >= 11 is 0. The van der Waals surface area contributed by atoms with Crippen LogP contribution >= 0.6 is 0 Å². The number of likely N-dealkylation sites (tertiary alicyclic amines) is 1. The van der Waals surface area contributed by atoms with Crippen LogP contribution in [0.25, 0.3) is 10.9 Å². The Morgan fingerprint density at radius 2 is 2.07 bits per heavy atom. The summed E-state index contributed by atoms with van der Waals surface area (Å²) in [6.07, 6.45) is 7.76. The fourth-order valence-corrected chi connectivity index (χ4v) is 4.46. The van der Waals surface area contributed by atoms with Crippen molar-refractivity contribution in [1.29, 1.82) is 0 Å². The third-order valence-electron chi connectivity index (χ3n) is 6.18. The van der Waals surface area contributed by atoms with Crippen molar-refractivity contribution >= 4 is 16.8 Å². The fourth-order valence-electron chi connectivity index (χ4n) is 4.46. The van der Waals surface area contributed by atoms with E-state index in [1.807, 2.05) is 0 Å². The van der Waals surface area contributed by atoms with Crippen molar-refractivity contribution in [3.63, 3.8) is 0 Å². The highest BCUT2D eigenvalue weighted by atomic mass is 16.1. The molecule has 3 heterocycles. The van der Waals surface area contributed by atoms with Gasteiger partial charge in [0.05, 0.1) is 10.9 Å². The maximum atomic E-state index is 12.7. The van der Waals surface area contributed by atoms with Crippen LogP contribution in [0, 0.1) is 0 Å². The molecule has 6 heteroatoms. The molecule has 4 rings (SSSR count). The monoisotopic (exact) mass is 382 g/mol. The first-order chi connectivity index (χ1) is 13.6. The first kappa shape index (κ1) is 19.1. The van der Waals surface area contributed by atoms with Gasteiger partial charge in [0.1, 0.15) is 5.82 Å². The summed E-state index contributed by atoms with van der Waals surface area (Å²) in [4.78, 5) is 32.4. The maximum absolute atomic E-state index is 12.7. The van der Waals surface area contributed by atoms with E-state index >= 15 is 0 Å². The lowest BCUT2D eigenvalue weighted by Crippen LogP contribution is -2.39. The van der Waals surface area contributed by atoms with Gasteiger partial charge in [0, 0.05) is 37.7 Å². The first-order valence-corrected chi connectivity index (χ1v) is 10.7. The first-order valence-electron chi connectivity index (χ1n) is 10.7. The van der Waals surface area contributed by atoms with Gasteiger partial charge in [-0.05, 0) is 63.8 Å². The van der Waals surface area contributed by atoms with Crippen molar-refractivity contribution in [3.8, 4) is 0 Å². The van der Waals surface area contributed by atoms with Crippen LogP contribution < -0.4 is 10.9 Å². The molecule has 2 aliphatic heterocycles. The highest BCUT2D eigenvalue weighted by Gasteiger charge is 2.18. The van der Waals surface area contributed by atoms with E-state index in [1.165, 1.54) is 25.8 Å². The van der Waals surface area contributed by atoms with Crippen LogP contribution in [-0.2, 0) is 13.0 Å². The average molecular weight is 383 g/mol. The van der Waals surface area contributed by atoms with E-state index in [-0.39, 0.29) is 11.5 Å². The second-order valence-corrected chi connectivity index (χ2v) is 8.16. The van der Waals surface area contributed by atoms with Gasteiger partial charge in [0.2, 0.25) is 0 Å². The van der Waals surface area contributed by atoms with Crippen LogP contribution in [0.15, 0.2) is 23.0 Å². The number of amides is 1. The number of aromatic nitrogens is 2. The minimum absolute atomic E-state index is 0.0160. The van der Waals surface area contributed by atoms with Crippen molar-refractivity contribution in [1.82, 2.24) is 19.8 Å². The van der Waals surface area contributed by atoms with E-state index in [0.29, 0.717) is 29.1 Å². The van der Waals surface area contributed by atoms with Crippen LogP contribution in [0.3, 0.4) is 0 Å². The van der Waals surface area contributed by atoms with Gasteiger partial charge in [0.25, 0.3) is 11.5 Å². The summed E-state index contributed by atoms with van der Waals surface area (Å²) in [6, 6.07) is 5.90. The Hall–Kier alpha value is -2.21. The molecule has 28 heavy (non-hydrogen) atoms. The third-order valence-corrected chi connectivity index (χ3v) is 6.18. The number of nitrogens with one attached hydrogen (secondary N) is 1. The molecule has 1 aromatic carbocycles. The Morgan fingerprint density at radius 1 is 1.21 bits per heavy atom. The molecule has 1 fully saturated rings. The zero-order valence-electron chi connectivity index (χ0n) is 16.7. The topological polar surface area (TPSA) is 67.2 Å². The molecule has 150 valence electrons. The summed E-state index contributed by atoms with van der Waals surface area (Å²) in [5.41, 5.74) is 1.22. The Kier molecular flexibility index (Phi) is 5.76. The largest absolute Gasteiger partial charge is 0.352 e. The number of nitrogens with zero attached hydrogens (tertiary/aromatic N) is 3. The predicted octanol–water partition coefficient (Wildman–Crippen LogP) is 2.73. The number of aryl methyl sites for hydroxylation is 1. The number of carbonyl (C=O) groups is 1. The number of fused-ring (bicyclic) bond motifs is 2. The van der Waals surface area contributed by atoms with Gasteiger partial charge in [-0.3, -0.25) is 14.2 Å². The number of rotatable bonds is 5. The number of benzene rings is 1. The molecule has 1 amide bonds. The second-order valence-electron chi connectivity index (χ2n) is 8.16. The van der Waals surface area contributed by atoms with Gasteiger partial charge in [-0.25, -0.2) is 4.98 Å².